The highest BCUT2D eigenvalue weighted by molar-refractivity contribution is 7.80. The summed E-state index contributed by atoms with van der Waals surface area (Å²) in [4.78, 5) is 6.50. The summed E-state index contributed by atoms with van der Waals surface area (Å²) in [5.74, 6) is 0. The minimum atomic E-state index is 0.0299. The lowest BCUT2D eigenvalue weighted by Crippen LogP contribution is -2.39. The summed E-state index contributed by atoms with van der Waals surface area (Å²) in [6.07, 6.45) is 1.79. The van der Waals surface area contributed by atoms with E-state index in [0.29, 0.717) is 23.3 Å². The average molecular weight is 364 g/mol. The number of benzene rings is 1. The van der Waals surface area contributed by atoms with Crippen LogP contribution in [0.1, 0.15) is 24.2 Å². The third-order valence-electron chi connectivity index (χ3n) is 3.80. The molecule has 128 valence electrons. The highest BCUT2D eigenvalue weighted by Crippen LogP contribution is 2.22. The third kappa shape index (κ3) is 4.90. The highest BCUT2D eigenvalue weighted by Gasteiger charge is 2.19. The van der Waals surface area contributed by atoms with Gasteiger partial charge in [-0.1, -0.05) is 23.7 Å². The number of pyridine rings is 1. The van der Waals surface area contributed by atoms with Gasteiger partial charge in [0.25, 0.3) is 0 Å². The summed E-state index contributed by atoms with van der Waals surface area (Å²) in [5, 5.41) is 4.59. The summed E-state index contributed by atoms with van der Waals surface area (Å²) in [6, 6.07) is 11.7. The normalized spacial score (nSPS) is 11.8. The van der Waals surface area contributed by atoms with Gasteiger partial charge in [-0.2, -0.15) is 0 Å². The molecule has 0 unspecified atom stereocenters. The molecule has 0 aliphatic heterocycles. The van der Waals surface area contributed by atoms with Gasteiger partial charge in [0.2, 0.25) is 0 Å². The number of hydrogen-bond acceptors (Lipinski definition) is 3. The van der Waals surface area contributed by atoms with E-state index in [0.717, 1.165) is 16.9 Å². The molecule has 0 fully saturated rings. The van der Waals surface area contributed by atoms with E-state index in [-0.39, 0.29) is 6.04 Å². The van der Waals surface area contributed by atoms with Crippen molar-refractivity contribution in [3.8, 4) is 0 Å². The van der Waals surface area contributed by atoms with Crippen molar-refractivity contribution in [2.75, 3.05) is 25.6 Å². The average Bonchev–Trinajstić information content (AvgIpc) is 2.59. The second kappa shape index (κ2) is 8.97. The molecule has 1 N–H and O–H groups in total. The fourth-order valence-electron chi connectivity index (χ4n) is 2.31. The van der Waals surface area contributed by atoms with E-state index in [2.05, 4.69) is 22.1 Å². The Morgan fingerprint density at radius 2 is 2.17 bits per heavy atom. The molecule has 0 amide bonds. The van der Waals surface area contributed by atoms with Gasteiger partial charge >= 0.3 is 0 Å². The maximum absolute atomic E-state index is 6.19. The van der Waals surface area contributed by atoms with Gasteiger partial charge in [0.05, 0.1) is 18.3 Å². The molecule has 0 saturated heterocycles. The van der Waals surface area contributed by atoms with Crippen molar-refractivity contribution in [1.82, 2.24) is 9.88 Å². The SMILES string of the molecule is COCCN(C(=S)Nc1ccc(C)c(Cl)c1)[C@@H](C)c1ccccn1. The number of ether oxygens (including phenoxy) is 1. The Bertz CT molecular complexity index is 681. The van der Waals surface area contributed by atoms with E-state index in [1.807, 2.05) is 43.3 Å². The molecule has 0 bridgehead atoms. The number of aromatic nitrogens is 1. The molecule has 6 heteroatoms. The fourth-order valence-corrected chi connectivity index (χ4v) is 2.86. The van der Waals surface area contributed by atoms with Gasteiger partial charge in [0.1, 0.15) is 0 Å². The van der Waals surface area contributed by atoms with Crippen LogP contribution in [0.5, 0.6) is 0 Å². The van der Waals surface area contributed by atoms with Gasteiger partial charge in [-0.25, -0.2) is 0 Å². The Balaban J connectivity index is 2.16. The van der Waals surface area contributed by atoms with Gasteiger partial charge in [0, 0.05) is 30.6 Å². The van der Waals surface area contributed by atoms with Crippen LogP contribution in [0, 0.1) is 6.92 Å². The van der Waals surface area contributed by atoms with E-state index >= 15 is 0 Å². The number of halogens is 1. The standard InChI is InChI=1S/C18H22ClN3OS/c1-13-7-8-15(12-16(13)19)21-18(24)22(10-11-23-3)14(2)17-6-4-5-9-20-17/h4-9,12,14H,10-11H2,1-3H3,(H,21,24)/t14-/m0/s1. The van der Waals surface area contributed by atoms with E-state index in [1.54, 1.807) is 13.3 Å². The third-order valence-corrected chi connectivity index (χ3v) is 4.55. The molecule has 4 nitrogen and oxygen atoms in total. The van der Waals surface area contributed by atoms with Gasteiger partial charge < -0.3 is 15.0 Å². The molecule has 2 aromatic rings. The van der Waals surface area contributed by atoms with Crippen molar-refractivity contribution in [2.24, 2.45) is 0 Å². The number of nitrogens with zero attached hydrogens (tertiary/aromatic N) is 2. The number of thiocarbonyl (C=S) groups is 1. The minimum absolute atomic E-state index is 0.0299. The molecule has 1 heterocycles. The Hall–Kier alpha value is -1.69. The second-order valence-corrected chi connectivity index (χ2v) is 6.30. The topological polar surface area (TPSA) is 37.4 Å². The predicted octanol–water partition coefficient (Wildman–Crippen LogP) is 4.45. The van der Waals surface area contributed by atoms with Crippen molar-refractivity contribution < 1.29 is 4.74 Å². The van der Waals surface area contributed by atoms with Crippen LogP contribution >= 0.6 is 23.8 Å². The lowest BCUT2D eigenvalue weighted by molar-refractivity contribution is 0.164. The number of hydrogen-bond donors (Lipinski definition) is 1. The van der Waals surface area contributed by atoms with Gasteiger partial charge in [0.15, 0.2) is 5.11 Å². The molecular weight excluding hydrogens is 342 g/mol. The number of methoxy groups -OCH3 is 1. The van der Waals surface area contributed by atoms with Crippen LogP contribution in [0.3, 0.4) is 0 Å². The van der Waals surface area contributed by atoms with Crippen molar-refractivity contribution in [3.05, 3.63) is 58.9 Å². The lowest BCUT2D eigenvalue weighted by atomic mass is 10.2. The van der Waals surface area contributed by atoms with Crippen molar-refractivity contribution in [3.63, 3.8) is 0 Å². The maximum atomic E-state index is 6.19. The van der Waals surface area contributed by atoms with Crippen LogP contribution in [0.4, 0.5) is 5.69 Å². The van der Waals surface area contributed by atoms with Gasteiger partial charge in [-0.3, -0.25) is 4.98 Å². The Morgan fingerprint density at radius 1 is 1.38 bits per heavy atom. The van der Waals surface area contributed by atoms with E-state index < -0.39 is 0 Å². The molecule has 1 atom stereocenters. The number of nitrogens with one attached hydrogen (secondary N) is 1. The van der Waals surface area contributed by atoms with Crippen molar-refractivity contribution in [2.45, 2.75) is 19.9 Å². The van der Waals surface area contributed by atoms with Crippen LogP contribution in [-0.4, -0.2) is 35.3 Å². The van der Waals surface area contributed by atoms with Crippen LogP contribution in [0.15, 0.2) is 42.6 Å². The Morgan fingerprint density at radius 3 is 2.79 bits per heavy atom. The first-order chi connectivity index (χ1) is 11.5. The smallest absolute Gasteiger partial charge is 0.174 e. The molecule has 1 aromatic heterocycles. The zero-order valence-electron chi connectivity index (χ0n) is 14.1. The fraction of sp³-hybridized carbons (Fsp3) is 0.333. The van der Waals surface area contributed by atoms with Crippen molar-refractivity contribution in [1.29, 1.82) is 0 Å². The monoisotopic (exact) mass is 363 g/mol. The molecule has 0 radical (unpaired) electrons. The van der Waals surface area contributed by atoms with Crippen LogP contribution in [-0.2, 0) is 4.74 Å². The summed E-state index contributed by atoms with van der Waals surface area (Å²) < 4.78 is 5.22. The van der Waals surface area contributed by atoms with Gasteiger partial charge in [-0.05, 0) is 55.9 Å². The predicted molar refractivity (Wildman–Crippen MR) is 104 cm³/mol. The van der Waals surface area contributed by atoms with E-state index in [1.165, 1.54) is 0 Å². The Kier molecular flexibility index (Phi) is 6.97. The number of aryl methyl sites for hydroxylation is 1. The van der Waals surface area contributed by atoms with Crippen LogP contribution < -0.4 is 5.32 Å². The second-order valence-electron chi connectivity index (χ2n) is 5.51. The quantitative estimate of drug-likeness (QED) is 0.767. The van der Waals surface area contributed by atoms with Crippen molar-refractivity contribution >= 4 is 34.6 Å². The highest BCUT2D eigenvalue weighted by atomic mass is 35.5. The summed E-state index contributed by atoms with van der Waals surface area (Å²) in [5.41, 5.74) is 2.86. The van der Waals surface area contributed by atoms with Gasteiger partial charge in [-0.15, -0.1) is 0 Å². The molecule has 2 rings (SSSR count). The molecule has 0 spiro atoms. The summed E-state index contributed by atoms with van der Waals surface area (Å²) in [6.45, 7) is 5.29. The molecule has 0 aliphatic carbocycles. The Labute approximate surface area is 153 Å². The van der Waals surface area contributed by atoms with Crippen LogP contribution in [0.25, 0.3) is 0 Å². The summed E-state index contributed by atoms with van der Waals surface area (Å²) >= 11 is 11.8. The first-order valence-corrected chi connectivity index (χ1v) is 8.55. The number of anilines is 1. The first kappa shape index (κ1) is 18.6. The zero-order valence-corrected chi connectivity index (χ0v) is 15.7. The zero-order chi connectivity index (χ0) is 17.5. The molecular formula is C18H22ClN3OS. The first-order valence-electron chi connectivity index (χ1n) is 7.76. The lowest BCUT2D eigenvalue weighted by Gasteiger charge is -2.31. The largest absolute Gasteiger partial charge is 0.383 e. The van der Waals surface area contributed by atoms with Crippen LogP contribution in [0.2, 0.25) is 5.02 Å². The van der Waals surface area contributed by atoms with E-state index in [4.69, 9.17) is 28.6 Å². The number of rotatable bonds is 6. The summed E-state index contributed by atoms with van der Waals surface area (Å²) in [7, 11) is 1.68. The molecule has 24 heavy (non-hydrogen) atoms. The molecule has 0 saturated carbocycles. The molecule has 1 aromatic carbocycles. The maximum Gasteiger partial charge on any atom is 0.174 e. The van der Waals surface area contributed by atoms with E-state index in [9.17, 15) is 0 Å². The molecule has 0 aliphatic rings. The minimum Gasteiger partial charge on any atom is -0.383 e.